The van der Waals surface area contributed by atoms with Gasteiger partial charge in [-0.2, -0.15) is 13.2 Å². The average Bonchev–Trinajstić information content (AvgIpc) is 2.45. The van der Waals surface area contributed by atoms with Crippen LogP contribution in [0.1, 0.15) is 5.56 Å². The van der Waals surface area contributed by atoms with Gasteiger partial charge in [0.05, 0.1) is 0 Å². The summed E-state index contributed by atoms with van der Waals surface area (Å²) in [6.07, 6.45) is -4.16. The van der Waals surface area contributed by atoms with Gasteiger partial charge in [0.2, 0.25) is 0 Å². The molecule has 1 nitrogen and oxygen atoms in total. The maximum absolute atomic E-state index is 12.4. The van der Waals surface area contributed by atoms with Crippen LogP contribution in [0.3, 0.4) is 0 Å². The Morgan fingerprint density at radius 2 is 2.07 bits per heavy atom. The van der Waals surface area contributed by atoms with Crippen LogP contribution in [0, 0.1) is 0 Å². The lowest BCUT2D eigenvalue weighted by atomic mass is 10.1. The van der Waals surface area contributed by atoms with Crippen molar-refractivity contribution >= 4 is 21.6 Å². The van der Waals surface area contributed by atoms with E-state index in [1.807, 2.05) is 0 Å². The third kappa shape index (κ3) is 1.73. The van der Waals surface area contributed by atoms with Crippen LogP contribution in [0.25, 0.3) is 0 Å². The summed E-state index contributed by atoms with van der Waals surface area (Å²) in [4.78, 5) is 0. The quantitative estimate of drug-likeness (QED) is 0.759. The van der Waals surface area contributed by atoms with E-state index in [0.29, 0.717) is 5.69 Å². The number of benzene rings is 1. The number of fused-ring (bicyclic) bond motifs is 1. The van der Waals surface area contributed by atoms with E-state index < -0.39 is 12.2 Å². The van der Waals surface area contributed by atoms with Gasteiger partial charge >= 0.3 is 6.18 Å². The third-order valence-electron chi connectivity index (χ3n) is 2.22. The van der Waals surface area contributed by atoms with Gasteiger partial charge in [0.25, 0.3) is 0 Å². The van der Waals surface area contributed by atoms with Crippen molar-refractivity contribution in [3.63, 3.8) is 0 Å². The monoisotopic (exact) mass is 265 g/mol. The molecule has 0 bridgehead atoms. The fraction of sp³-hybridized carbons (Fsp3) is 0.333. The minimum absolute atomic E-state index is 0.0200. The zero-order chi connectivity index (χ0) is 10.3. The molecule has 1 heterocycles. The van der Waals surface area contributed by atoms with Crippen LogP contribution >= 0.6 is 15.9 Å². The molecule has 1 aliphatic rings. The zero-order valence-electron chi connectivity index (χ0n) is 7.03. The van der Waals surface area contributed by atoms with Gasteiger partial charge < -0.3 is 5.32 Å². The van der Waals surface area contributed by atoms with E-state index in [2.05, 4.69) is 21.2 Å². The molecule has 0 radical (unpaired) electrons. The van der Waals surface area contributed by atoms with Gasteiger partial charge in [0, 0.05) is 16.6 Å². The standard InChI is InChI=1S/C9H7BrF3N/c10-6-2-1-5-3-8(9(11,12)13)14-7(5)4-6/h1-2,4,8,14H,3H2/t8-/m1/s1. The van der Waals surface area contributed by atoms with Crippen LogP contribution in [0.5, 0.6) is 0 Å². The normalized spacial score (nSPS) is 20.4. The molecule has 1 aliphatic heterocycles. The number of anilines is 1. The molecular formula is C9H7BrF3N. The lowest BCUT2D eigenvalue weighted by Crippen LogP contribution is -2.34. The van der Waals surface area contributed by atoms with Crippen LogP contribution in [-0.4, -0.2) is 12.2 Å². The average molecular weight is 266 g/mol. The molecule has 0 saturated heterocycles. The number of nitrogens with one attached hydrogen (secondary N) is 1. The van der Waals surface area contributed by atoms with Gasteiger partial charge in [-0.1, -0.05) is 22.0 Å². The lowest BCUT2D eigenvalue weighted by Gasteiger charge is -2.14. The van der Waals surface area contributed by atoms with E-state index in [0.717, 1.165) is 10.0 Å². The first-order chi connectivity index (χ1) is 6.47. The first-order valence-electron chi connectivity index (χ1n) is 4.08. The first kappa shape index (κ1) is 9.83. The number of rotatable bonds is 0. The number of hydrogen-bond acceptors (Lipinski definition) is 1. The second-order valence-corrected chi connectivity index (χ2v) is 4.16. The van der Waals surface area contributed by atoms with Crippen molar-refractivity contribution in [3.8, 4) is 0 Å². The second kappa shape index (κ2) is 3.15. The molecule has 1 atom stereocenters. The molecule has 0 aromatic heterocycles. The van der Waals surface area contributed by atoms with E-state index in [9.17, 15) is 13.2 Å². The molecule has 0 unspecified atom stereocenters. The highest BCUT2D eigenvalue weighted by atomic mass is 79.9. The van der Waals surface area contributed by atoms with Gasteiger partial charge in [-0.15, -0.1) is 0 Å². The molecule has 0 amide bonds. The molecular weight excluding hydrogens is 259 g/mol. The molecule has 0 spiro atoms. The van der Waals surface area contributed by atoms with Crippen molar-refractivity contribution in [3.05, 3.63) is 28.2 Å². The Balaban J connectivity index is 2.26. The summed E-state index contributed by atoms with van der Waals surface area (Å²) < 4.78 is 37.8. The van der Waals surface area contributed by atoms with Crippen molar-refractivity contribution < 1.29 is 13.2 Å². The zero-order valence-corrected chi connectivity index (χ0v) is 8.61. The van der Waals surface area contributed by atoms with E-state index in [1.54, 1.807) is 18.2 Å². The third-order valence-corrected chi connectivity index (χ3v) is 2.71. The predicted molar refractivity (Wildman–Crippen MR) is 51.3 cm³/mol. The van der Waals surface area contributed by atoms with Crippen LogP contribution in [0.15, 0.2) is 22.7 Å². The SMILES string of the molecule is FC(F)(F)[C@H]1Cc2ccc(Br)cc2N1. The molecule has 1 aromatic rings. The summed E-state index contributed by atoms with van der Waals surface area (Å²) in [5.41, 5.74) is 1.29. The maximum Gasteiger partial charge on any atom is 0.408 e. The van der Waals surface area contributed by atoms with Gasteiger partial charge in [0.15, 0.2) is 0 Å². The summed E-state index contributed by atoms with van der Waals surface area (Å²) in [6, 6.07) is 3.69. The smallest absolute Gasteiger partial charge is 0.373 e. The summed E-state index contributed by atoms with van der Waals surface area (Å²) in [5, 5.41) is 2.46. The molecule has 2 rings (SSSR count). The molecule has 76 valence electrons. The van der Waals surface area contributed by atoms with Crippen molar-refractivity contribution in [2.45, 2.75) is 18.6 Å². The maximum atomic E-state index is 12.4. The lowest BCUT2D eigenvalue weighted by molar-refractivity contribution is -0.140. The van der Waals surface area contributed by atoms with Crippen molar-refractivity contribution in [1.82, 2.24) is 0 Å². The summed E-state index contributed by atoms with van der Waals surface area (Å²) >= 11 is 3.21. The highest BCUT2D eigenvalue weighted by Gasteiger charge is 2.42. The fourth-order valence-corrected chi connectivity index (χ4v) is 1.88. The Bertz CT molecular complexity index is 362. The highest BCUT2D eigenvalue weighted by molar-refractivity contribution is 9.10. The van der Waals surface area contributed by atoms with Gasteiger partial charge in [-0.05, 0) is 17.7 Å². The molecule has 1 aromatic carbocycles. The number of alkyl halides is 3. The van der Waals surface area contributed by atoms with E-state index >= 15 is 0 Å². The van der Waals surface area contributed by atoms with Gasteiger partial charge in [-0.3, -0.25) is 0 Å². The van der Waals surface area contributed by atoms with Gasteiger partial charge in [-0.25, -0.2) is 0 Å². The minimum Gasteiger partial charge on any atom is -0.373 e. The Morgan fingerprint density at radius 3 is 2.71 bits per heavy atom. The van der Waals surface area contributed by atoms with E-state index in [1.165, 1.54) is 0 Å². The van der Waals surface area contributed by atoms with Crippen molar-refractivity contribution in [1.29, 1.82) is 0 Å². The Kier molecular flexibility index (Phi) is 2.21. The topological polar surface area (TPSA) is 12.0 Å². The van der Waals surface area contributed by atoms with Crippen molar-refractivity contribution in [2.24, 2.45) is 0 Å². The molecule has 0 saturated carbocycles. The van der Waals surface area contributed by atoms with Crippen LogP contribution < -0.4 is 5.32 Å². The first-order valence-corrected chi connectivity index (χ1v) is 4.88. The minimum atomic E-state index is -4.18. The Hall–Kier alpha value is -0.710. The number of hydrogen-bond donors (Lipinski definition) is 1. The predicted octanol–water partition coefficient (Wildman–Crippen LogP) is 3.35. The van der Waals surface area contributed by atoms with E-state index in [4.69, 9.17) is 0 Å². The summed E-state index contributed by atoms with van der Waals surface area (Å²) in [5.74, 6) is 0. The van der Waals surface area contributed by atoms with Gasteiger partial charge in [0.1, 0.15) is 6.04 Å². The summed E-state index contributed by atoms with van der Waals surface area (Å²) in [6.45, 7) is 0. The highest BCUT2D eigenvalue weighted by Crippen LogP contribution is 2.35. The fourth-order valence-electron chi connectivity index (χ4n) is 1.52. The summed E-state index contributed by atoms with van der Waals surface area (Å²) in [7, 11) is 0. The second-order valence-electron chi connectivity index (χ2n) is 3.24. The molecule has 0 aliphatic carbocycles. The molecule has 0 fully saturated rings. The van der Waals surface area contributed by atoms with Crippen LogP contribution in [0.4, 0.5) is 18.9 Å². The molecule has 14 heavy (non-hydrogen) atoms. The van der Waals surface area contributed by atoms with Crippen LogP contribution in [0.2, 0.25) is 0 Å². The number of halogens is 4. The Labute approximate surface area is 87.4 Å². The van der Waals surface area contributed by atoms with Crippen LogP contribution in [-0.2, 0) is 6.42 Å². The van der Waals surface area contributed by atoms with E-state index in [-0.39, 0.29) is 6.42 Å². The molecule has 5 heteroatoms. The molecule has 1 N–H and O–H groups in total. The largest absolute Gasteiger partial charge is 0.408 e. The van der Waals surface area contributed by atoms with Crippen molar-refractivity contribution in [2.75, 3.05) is 5.32 Å². The Morgan fingerprint density at radius 1 is 1.36 bits per heavy atom.